The fourth-order valence-corrected chi connectivity index (χ4v) is 4.36. The van der Waals surface area contributed by atoms with Crippen molar-refractivity contribution in [2.75, 3.05) is 6.54 Å². The maximum atomic E-state index is 12.7. The van der Waals surface area contributed by atoms with Crippen LogP contribution in [0.4, 0.5) is 0 Å². The van der Waals surface area contributed by atoms with E-state index in [0.29, 0.717) is 12.2 Å². The number of carbonyl (C=O) groups is 1. The van der Waals surface area contributed by atoms with Gasteiger partial charge in [0.15, 0.2) is 5.69 Å². The van der Waals surface area contributed by atoms with Crippen molar-refractivity contribution in [3.63, 3.8) is 0 Å². The zero-order valence-electron chi connectivity index (χ0n) is 11.8. The Morgan fingerprint density at radius 1 is 1.43 bits per heavy atom. The maximum absolute atomic E-state index is 12.7. The quantitative estimate of drug-likeness (QED) is 0.857. The van der Waals surface area contributed by atoms with Gasteiger partial charge in [-0.15, -0.1) is 0 Å². The summed E-state index contributed by atoms with van der Waals surface area (Å²) in [4.78, 5) is 14.3. The Labute approximate surface area is 128 Å². The molecule has 1 N–H and O–H groups in total. The minimum absolute atomic E-state index is 0.0488. The van der Waals surface area contributed by atoms with E-state index >= 15 is 0 Å². The molecule has 2 fully saturated rings. The van der Waals surface area contributed by atoms with Crippen LogP contribution in [0.3, 0.4) is 0 Å². The maximum Gasteiger partial charge on any atom is 0.276 e. The Balaban J connectivity index is 2.00. The van der Waals surface area contributed by atoms with Crippen molar-refractivity contribution >= 4 is 25.6 Å². The molecule has 6 nitrogen and oxygen atoms in total. The molecule has 0 spiro atoms. The molecule has 1 aromatic rings. The smallest absolute Gasteiger partial charge is 0.276 e. The first-order valence-electron chi connectivity index (χ1n) is 7.27. The number of aromatic nitrogens is 2. The lowest BCUT2D eigenvalue weighted by Gasteiger charge is -2.22. The highest BCUT2D eigenvalue weighted by Gasteiger charge is 2.39. The summed E-state index contributed by atoms with van der Waals surface area (Å²) in [5.41, 5.74) is 0.438. The number of nitrogens with zero attached hydrogens (tertiary/aromatic N) is 2. The van der Waals surface area contributed by atoms with E-state index < -0.39 is 9.05 Å². The molecule has 3 rings (SSSR count). The van der Waals surface area contributed by atoms with Crippen molar-refractivity contribution in [1.29, 1.82) is 0 Å². The number of aromatic amines is 1. The van der Waals surface area contributed by atoms with Crippen molar-refractivity contribution in [3.8, 4) is 0 Å². The SMILES string of the molecule is CCC1CCCN1C(=O)c1n[nH]c(C2CC2)c1S(=O)(=O)Cl. The third-order valence-electron chi connectivity index (χ3n) is 4.29. The van der Waals surface area contributed by atoms with Crippen LogP contribution in [0.1, 0.15) is 61.1 Å². The Morgan fingerprint density at radius 3 is 2.71 bits per heavy atom. The molecule has 8 heteroatoms. The summed E-state index contributed by atoms with van der Waals surface area (Å²) in [7, 11) is 1.55. The first-order valence-corrected chi connectivity index (χ1v) is 9.58. The van der Waals surface area contributed by atoms with E-state index in [1.54, 1.807) is 4.90 Å². The minimum atomic E-state index is -3.99. The monoisotopic (exact) mass is 331 g/mol. The van der Waals surface area contributed by atoms with Gasteiger partial charge in [-0.25, -0.2) is 8.42 Å². The Bertz CT molecular complexity index is 666. The van der Waals surface area contributed by atoms with E-state index in [1.165, 1.54) is 0 Å². The highest BCUT2D eigenvalue weighted by Crippen LogP contribution is 2.43. The summed E-state index contributed by atoms with van der Waals surface area (Å²) in [6.07, 6.45) is 4.54. The van der Waals surface area contributed by atoms with Gasteiger partial charge < -0.3 is 4.90 Å². The molecule has 21 heavy (non-hydrogen) atoms. The molecule has 2 aliphatic rings. The van der Waals surface area contributed by atoms with E-state index in [1.807, 2.05) is 6.92 Å². The average molecular weight is 332 g/mol. The number of amides is 1. The average Bonchev–Trinajstić information content (AvgIpc) is 3.01. The molecular weight excluding hydrogens is 314 g/mol. The van der Waals surface area contributed by atoms with Crippen molar-refractivity contribution in [2.24, 2.45) is 0 Å². The molecule has 1 amide bonds. The van der Waals surface area contributed by atoms with E-state index in [2.05, 4.69) is 10.2 Å². The number of H-pyrrole nitrogens is 1. The molecular formula is C13H18ClN3O3S. The van der Waals surface area contributed by atoms with Gasteiger partial charge in [0.1, 0.15) is 4.90 Å². The van der Waals surface area contributed by atoms with Crippen molar-refractivity contribution in [2.45, 2.75) is 55.9 Å². The Hall–Kier alpha value is -1.08. The highest BCUT2D eigenvalue weighted by molar-refractivity contribution is 8.13. The highest BCUT2D eigenvalue weighted by atomic mass is 35.7. The Kier molecular flexibility index (Phi) is 3.73. The summed E-state index contributed by atoms with van der Waals surface area (Å²) in [6.45, 7) is 2.67. The van der Waals surface area contributed by atoms with Crippen LogP contribution in [0.15, 0.2) is 4.90 Å². The fraction of sp³-hybridized carbons (Fsp3) is 0.692. The number of rotatable bonds is 4. The lowest BCUT2D eigenvalue weighted by Crippen LogP contribution is -2.35. The van der Waals surface area contributed by atoms with Crippen LogP contribution < -0.4 is 0 Å². The lowest BCUT2D eigenvalue weighted by molar-refractivity contribution is 0.0724. The Morgan fingerprint density at radius 2 is 2.14 bits per heavy atom. The molecule has 1 aliphatic carbocycles. The number of likely N-dealkylation sites (tertiary alicyclic amines) is 1. The van der Waals surface area contributed by atoms with Crippen LogP contribution in [0, 0.1) is 0 Å². The summed E-state index contributed by atoms with van der Waals surface area (Å²) < 4.78 is 23.7. The molecule has 1 atom stereocenters. The third-order valence-corrected chi connectivity index (χ3v) is 5.65. The molecule has 1 unspecified atom stereocenters. The van der Waals surface area contributed by atoms with Crippen LogP contribution in [-0.4, -0.2) is 42.0 Å². The normalized spacial score (nSPS) is 22.8. The number of hydrogen-bond acceptors (Lipinski definition) is 4. The minimum Gasteiger partial charge on any atom is -0.334 e. The number of halogens is 1. The van der Waals surface area contributed by atoms with Crippen LogP contribution in [0.2, 0.25) is 0 Å². The second-order valence-corrected chi connectivity index (χ2v) is 8.23. The van der Waals surface area contributed by atoms with Crippen molar-refractivity contribution < 1.29 is 13.2 Å². The van der Waals surface area contributed by atoms with Gasteiger partial charge in [-0.2, -0.15) is 5.10 Å². The van der Waals surface area contributed by atoms with Gasteiger partial charge in [0.2, 0.25) is 0 Å². The molecule has 1 saturated heterocycles. The lowest BCUT2D eigenvalue weighted by atomic mass is 10.1. The van der Waals surface area contributed by atoms with Crippen molar-refractivity contribution in [3.05, 3.63) is 11.4 Å². The largest absolute Gasteiger partial charge is 0.334 e. The van der Waals surface area contributed by atoms with Gasteiger partial charge in [0.05, 0.1) is 5.69 Å². The number of carbonyl (C=O) groups excluding carboxylic acids is 1. The first-order chi connectivity index (χ1) is 9.93. The second kappa shape index (κ2) is 5.28. The summed E-state index contributed by atoms with van der Waals surface area (Å²) in [5, 5.41) is 6.70. The standard InChI is InChI=1S/C13H18ClN3O3S/c1-2-9-4-3-7-17(9)13(18)11-12(21(14,19)20)10(15-16-11)8-5-6-8/h8-9H,2-7H2,1H3,(H,15,16). The number of hydrogen-bond donors (Lipinski definition) is 1. The van der Waals surface area contributed by atoms with Crippen LogP contribution in [-0.2, 0) is 9.05 Å². The number of nitrogens with one attached hydrogen (secondary N) is 1. The molecule has 0 aromatic carbocycles. The van der Waals surface area contributed by atoms with Gasteiger partial charge in [-0.1, -0.05) is 6.92 Å². The molecule has 2 heterocycles. The summed E-state index contributed by atoms with van der Waals surface area (Å²) in [5.74, 6) is -0.204. The topological polar surface area (TPSA) is 83.1 Å². The zero-order valence-corrected chi connectivity index (χ0v) is 13.4. The van der Waals surface area contributed by atoms with Gasteiger partial charge in [0.25, 0.3) is 15.0 Å². The summed E-state index contributed by atoms with van der Waals surface area (Å²) in [6, 6.07) is 0.157. The third kappa shape index (κ3) is 2.68. The van der Waals surface area contributed by atoms with E-state index in [9.17, 15) is 13.2 Å². The second-order valence-electron chi connectivity index (χ2n) is 5.73. The van der Waals surface area contributed by atoms with Gasteiger partial charge in [-0.3, -0.25) is 9.89 Å². The van der Waals surface area contributed by atoms with E-state index in [4.69, 9.17) is 10.7 Å². The van der Waals surface area contributed by atoms with Crippen LogP contribution >= 0.6 is 10.7 Å². The summed E-state index contributed by atoms with van der Waals surface area (Å²) >= 11 is 0. The van der Waals surface area contributed by atoms with Gasteiger partial charge in [-0.05, 0) is 32.1 Å². The predicted octanol–water partition coefficient (Wildman–Crippen LogP) is 2.23. The molecule has 0 bridgehead atoms. The van der Waals surface area contributed by atoms with E-state index in [-0.39, 0.29) is 28.5 Å². The molecule has 1 aliphatic heterocycles. The first kappa shape index (κ1) is 14.8. The van der Waals surface area contributed by atoms with Crippen molar-refractivity contribution in [1.82, 2.24) is 15.1 Å². The predicted molar refractivity (Wildman–Crippen MR) is 78.0 cm³/mol. The molecule has 116 valence electrons. The molecule has 1 saturated carbocycles. The molecule has 0 radical (unpaired) electrons. The van der Waals surface area contributed by atoms with Gasteiger partial charge in [0, 0.05) is 29.2 Å². The van der Waals surface area contributed by atoms with Crippen LogP contribution in [0.5, 0.6) is 0 Å². The molecule has 1 aromatic heterocycles. The van der Waals surface area contributed by atoms with Crippen LogP contribution in [0.25, 0.3) is 0 Å². The fourth-order valence-electron chi connectivity index (χ4n) is 3.05. The zero-order chi connectivity index (χ0) is 15.2. The van der Waals surface area contributed by atoms with E-state index in [0.717, 1.165) is 32.1 Å². The van der Waals surface area contributed by atoms with Gasteiger partial charge >= 0.3 is 0 Å².